The topological polar surface area (TPSA) is 61.8 Å². The van der Waals surface area contributed by atoms with Gasteiger partial charge in [0.2, 0.25) is 0 Å². The van der Waals surface area contributed by atoms with Crippen molar-refractivity contribution in [1.82, 2.24) is 10.2 Å². The van der Waals surface area contributed by atoms with E-state index in [4.69, 9.17) is 4.74 Å². The van der Waals surface area contributed by atoms with Gasteiger partial charge in [0.05, 0.1) is 0 Å². The van der Waals surface area contributed by atoms with Crippen LogP contribution < -0.4 is 10.1 Å². The maximum Gasteiger partial charge on any atom is 0.308 e. The van der Waals surface area contributed by atoms with Crippen molar-refractivity contribution in [3.05, 3.63) is 23.8 Å². The van der Waals surface area contributed by atoms with Crippen LogP contribution in [0.4, 0.5) is 0 Å². The van der Waals surface area contributed by atoms with E-state index in [-0.39, 0.29) is 17.5 Å². The predicted octanol–water partition coefficient (Wildman–Crippen LogP) is 1.28. The Bertz CT molecular complexity index is 456. The van der Waals surface area contributed by atoms with Gasteiger partial charge in [-0.3, -0.25) is 9.69 Å². The molecular formula is C14H20N2O3. The van der Waals surface area contributed by atoms with E-state index in [1.54, 1.807) is 12.1 Å². The predicted molar refractivity (Wildman–Crippen MR) is 72.3 cm³/mol. The van der Waals surface area contributed by atoms with Crippen LogP contribution in [0, 0.1) is 0 Å². The number of nitrogens with zero attached hydrogens (tertiary/aromatic N) is 1. The Balaban J connectivity index is 2.11. The van der Waals surface area contributed by atoms with E-state index in [1.807, 2.05) is 6.07 Å². The average molecular weight is 264 g/mol. The zero-order valence-corrected chi connectivity index (χ0v) is 11.3. The number of phenolic OH excluding ortho intramolecular Hbond substituents is 1. The van der Waals surface area contributed by atoms with Crippen molar-refractivity contribution in [1.29, 1.82) is 0 Å². The van der Waals surface area contributed by atoms with Crippen LogP contribution in [0.25, 0.3) is 0 Å². The molecule has 1 fully saturated rings. The number of ether oxygens (including phenoxy) is 1. The van der Waals surface area contributed by atoms with Gasteiger partial charge in [-0.15, -0.1) is 0 Å². The summed E-state index contributed by atoms with van der Waals surface area (Å²) in [6.45, 7) is 7.40. The van der Waals surface area contributed by atoms with Gasteiger partial charge in [0.15, 0.2) is 11.5 Å². The molecule has 0 radical (unpaired) electrons. The lowest BCUT2D eigenvalue weighted by Gasteiger charge is -2.33. The van der Waals surface area contributed by atoms with E-state index >= 15 is 0 Å². The number of esters is 1. The number of rotatable bonds is 3. The van der Waals surface area contributed by atoms with Gasteiger partial charge in [-0.05, 0) is 24.6 Å². The van der Waals surface area contributed by atoms with E-state index in [1.165, 1.54) is 6.92 Å². The molecule has 0 bridgehead atoms. The molecule has 2 rings (SSSR count). The summed E-state index contributed by atoms with van der Waals surface area (Å²) < 4.78 is 4.91. The van der Waals surface area contributed by atoms with Crippen LogP contribution in [-0.2, 0) is 4.79 Å². The van der Waals surface area contributed by atoms with Crippen molar-refractivity contribution in [3.63, 3.8) is 0 Å². The standard InChI is InChI=1S/C14H20N2O3/c1-10(16-7-5-15-6-8-16)12-3-4-14(13(18)9-12)19-11(2)17/h3-4,9-10,15,18H,5-8H2,1-2H3/t10-/m0/s1. The lowest BCUT2D eigenvalue weighted by Crippen LogP contribution is -2.44. The van der Waals surface area contributed by atoms with E-state index in [0.29, 0.717) is 0 Å². The molecule has 19 heavy (non-hydrogen) atoms. The Hall–Kier alpha value is -1.59. The molecule has 0 unspecified atom stereocenters. The third kappa shape index (κ3) is 3.45. The molecule has 0 aromatic heterocycles. The molecule has 0 amide bonds. The van der Waals surface area contributed by atoms with Gasteiger partial charge in [0.1, 0.15) is 0 Å². The van der Waals surface area contributed by atoms with Gasteiger partial charge in [-0.25, -0.2) is 0 Å². The minimum Gasteiger partial charge on any atom is -0.504 e. The molecule has 1 aliphatic rings. The van der Waals surface area contributed by atoms with E-state index < -0.39 is 5.97 Å². The quantitative estimate of drug-likeness (QED) is 0.636. The zero-order valence-electron chi connectivity index (χ0n) is 11.3. The zero-order chi connectivity index (χ0) is 13.8. The van der Waals surface area contributed by atoms with Crippen molar-refractivity contribution in [2.75, 3.05) is 26.2 Å². The minimum atomic E-state index is -0.432. The van der Waals surface area contributed by atoms with Crippen molar-refractivity contribution in [2.45, 2.75) is 19.9 Å². The largest absolute Gasteiger partial charge is 0.504 e. The van der Waals surface area contributed by atoms with Crippen LogP contribution >= 0.6 is 0 Å². The fourth-order valence-corrected chi connectivity index (χ4v) is 2.32. The number of piperazine rings is 1. The number of nitrogens with one attached hydrogen (secondary N) is 1. The maximum atomic E-state index is 10.9. The first kappa shape index (κ1) is 13.8. The van der Waals surface area contributed by atoms with Gasteiger partial charge in [0, 0.05) is 39.1 Å². The fraction of sp³-hybridized carbons (Fsp3) is 0.500. The summed E-state index contributed by atoms with van der Waals surface area (Å²) in [6.07, 6.45) is 0. The molecule has 1 atom stereocenters. The molecule has 1 aromatic carbocycles. The maximum absolute atomic E-state index is 10.9. The molecule has 0 aliphatic carbocycles. The molecule has 2 N–H and O–H groups in total. The number of hydrogen-bond donors (Lipinski definition) is 2. The second-order valence-corrected chi connectivity index (χ2v) is 4.78. The van der Waals surface area contributed by atoms with Crippen molar-refractivity contribution < 1.29 is 14.6 Å². The molecule has 5 nitrogen and oxygen atoms in total. The highest BCUT2D eigenvalue weighted by Crippen LogP contribution is 2.31. The highest BCUT2D eigenvalue weighted by atomic mass is 16.5. The Labute approximate surface area is 113 Å². The highest BCUT2D eigenvalue weighted by molar-refractivity contribution is 5.70. The Kier molecular flexibility index (Phi) is 4.39. The first-order valence-electron chi connectivity index (χ1n) is 6.54. The Morgan fingerprint density at radius 3 is 2.68 bits per heavy atom. The summed E-state index contributed by atoms with van der Waals surface area (Å²) >= 11 is 0. The van der Waals surface area contributed by atoms with Crippen LogP contribution in [0.3, 0.4) is 0 Å². The molecule has 104 valence electrons. The van der Waals surface area contributed by atoms with E-state index in [0.717, 1.165) is 31.7 Å². The van der Waals surface area contributed by atoms with Gasteiger partial charge in [-0.1, -0.05) is 6.07 Å². The summed E-state index contributed by atoms with van der Waals surface area (Å²) in [5, 5.41) is 13.2. The molecule has 1 aliphatic heterocycles. The van der Waals surface area contributed by atoms with Crippen LogP contribution in [0.5, 0.6) is 11.5 Å². The number of carbonyl (C=O) groups excluding carboxylic acids is 1. The molecule has 1 aromatic rings. The fourth-order valence-electron chi connectivity index (χ4n) is 2.32. The van der Waals surface area contributed by atoms with Gasteiger partial charge < -0.3 is 15.2 Å². The third-order valence-corrected chi connectivity index (χ3v) is 3.42. The monoisotopic (exact) mass is 264 g/mol. The second-order valence-electron chi connectivity index (χ2n) is 4.78. The van der Waals surface area contributed by atoms with Crippen molar-refractivity contribution in [3.8, 4) is 11.5 Å². The molecule has 1 saturated heterocycles. The number of hydrogen-bond acceptors (Lipinski definition) is 5. The minimum absolute atomic E-state index is 0.00897. The summed E-state index contributed by atoms with van der Waals surface area (Å²) in [5.74, 6) is -0.211. The third-order valence-electron chi connectivity index (χ3n) is 3.42. The summed E-state index contributed by atoms with van der Waals surface area (Å²) in [7, 11) is 0. The number of aromatic hydroxyl groups is 1. The molecule has 0 spiro atoms. The lowest BCUT2D eigenvalue weighted by atomic mass is 10.1. The average Bonchev–Trinajstić information content (AvgIpc) is 2.41. The molecule has 5 heteroatoms. The van der Waals surface area contributed by atoms with Gasteiger partial charge in [0.25, 0.3) is 0 Å². The number of benzene rings is 1. The first-order chi connectivity index (χ1) is 9.08. The number of phenols is 1. The Morgan fingerprint density at radius 2 is 2.11 bits per heavy atom. The smallest absolute Gasteiger partial charge is 0.308 e. The van der Waals surface area contributed by atoms with Crippen LogP contribution in [0.2, 0.25) is 0 Å². The van der Waals surface area contributed by atoms with Gasteiger partial charge in [-0.2, -0.15) is 0 Å². The van der Waals surface area contributed by atoms with E-state index in [9.17, 15) is 9.90 Å². The summed E-state index contributed by atoms with van der Waals surface area (Å²) in [4.78, 5) is 13.2. The molecule has 0 saturated carbocycles. The SMILES string of the molecule is CC(=O)Oc1ccc([C@H](C)N2CCNCC2)cc1O. The number of carbonyl (C=O) groups is 1. The van der Waals surface area contributed by atoms with Crippen LogP contribution in [0.15, 0.2) is 18.2 Å². The highest BCUT2D eigenvalue weighted by Gasteiger charge is 2.19. The van der Waals surface area contributed by atoms with Crippen LogP contribution in [-0.4, -0.2) is 42.2 Å². The summed E-state index contributed by atoms with van der Waals surface area (Å²) in [5.41, 5.74) is 1.02. The normalized spacial score (nSPS) is 18.0. The van der Waals surface area contributed by atoms with Crippen molar-refractivity contribution >= 4 is 5.97 Å². The van der Waals surface area contributed by atoms with Crippen molar-refractivity contribution in [2.24, 2.45) is 0 Å². The first-order valence-corrected chi connectivity index (χ1v) is 6.54. The van der Waals surface area contributed by atoms with E-state index in [2.05, 4.69) is 17.1 Å². The molecular weight excluding hydrogens is 244 g/mol. The van der Waals surface area contributed by atoms with Gasteiger partial charge >= 0.3 is 5.97 Å². The van der Waals surface area contributed by atoms with Crippen LogP contribution in [0.1, 0.15) is 25.5 Å². The summed E-state index contributed by atoms with van der Waals surface area (Å²) in [6, 6.07) is 5.44. The Morgan fingerprint density at radius 1 is 1.42 bits per heavy atom. The second kappa shape index (κ2) is 6.04. The lowest BCUT2D eigenvalue weighted by molar-refractivity contribution is -0.132. The molecule has 1 heterocycles.